The second-order valence-corrected chi connectivity index (χ2v) is 5.96. The number of hydrogen-bond donors (Lipinski definition) is 0. The first-order valence-electron chi connectivity index (χ1n) is 7.74. The third-order valence-electron chi connectivity index (χ3n) is 3.58. The summed E-state index contributed by atoms with van der Waals surface area (Å²) in [5.41, 5.74) is 2.23. The lowest BCUT2D eigenvalue weighted by Gasteiger charge is -2.13. The summed E-state index contributed by atoms with van der Waals surface area (Å²) in [6, 6.07) is 8.75. The Balaban J connectivity index is 2.11. The monoisotopic (exact) mass is 303 g/mol. The highest BCUT2D eigenvalue weighted by Gasteiger charge is 2.38. The van der Waals surface area contributed by atoms with Crippen LogP contribution in [-0.4, -0.2) is 49.6 Å². The van der Waals surface area contributed by atoms with Gasteiger partial charge in [-0.15, -0.1) is 0 Å². The topological polar surface area (TPSA) is 45.1 Å². The average Bonchev–Trinajstić information content (AvgIpc) is 2.74. The summed E-state index contributed by atoms with van der Waals surface area (Å²) in [7, 11) is 4.01. The molecule has 1 aliphatic heterocycles. The van der Waals surface area contributed by atoms with Crippen LogP contribution in [0.5, 0.6) is 0 Å². The van der Waals surface area contributed by atoms with Crippen LogP contribution in [0, 0.1) is 0 Å². The molecule has 1 heterocycles. The van der Waals surface area contributed by atoms with Crippen LogP contribution in [0.3, 0.4) is 0 Å². The quantitative estimate of drug-likeness (QED) is 0.838. The number of anilines is 1. The molecule has 1 amide bonds. The molecule has 1 aromatic rings. The highest BCUT2D eigenvalue weighted by molar-refractivity contribution is 6.02. The van der Waals surface area contributed by atoms with Gasteiger partial charge < -0.3 is 9.64 Å². The molecule has 0 bridgehead atoms. The molecule has 0 aliphatic carbocycles. The summed E-state index contributed by atoms with van der Waals surface area (Å²) in [4.78, 5) is 20.5. The summed E-state index contributed by atoms with van der Waals surface area (Å²) in [6.07, 6.45) is 0.0998. The molecule has 2 rings (SSSR count). The smallest absolute Gasteiger partial charge is 0.295 e. The maximum absolute atomic E-state index is 12.4. The molecule has 0 aromatic heterocycles. The van der Waals surface area contributed by atoms with Crippen molar-refractivity contribution >= 4 is 17.6 Å². The second-order valence-electron chi connectivity index (χ2n) is 5.96. The number of aliphatic imine (C=N–C) groups is 1. The summed E-state index contributed by atoms with van der Waals surface area (Å²) < 4.78 is 5.79. The van der Waals surface area contributed by atoms with E-state index in [2.05, 4.69) is 17.1 Å². The normalized spacial score (nSPS) is 19.9. The second kappa shape index (κ2) is 6.81. The van der Waals surface area contributed by atoms with E-state index in [4.69, 9.17) is 4.74 Å². The van der Waals surface area contributed by atoms with Gasteiger partial charge in [-0.2, -0.15) is 0 Å². The molecule has 0 saturated carbocycles. The average molecular weight is 303 g/mol. The summed E-state index contributed by atoms with van der Waals surface area (Å²) >= 11 is 0. The van der Waals surface area contributed by atoms with E-state index in [0.717, 1.165) is 11.3 Å². The van der Waals surface area contributed by atoms with E-state index in [9.17, 15) is 4.79 Å². The van der Waals surface area contributed by atoms with E-state index < -0.39 is 6.10 Å². The van der Waals surface area contributed by atoms with Crippen molar-refractivity contribution in [2.24, 2.45) is 4.99 Å². The first-order chi connectivity index (χ1) is 10.4. The zero-order chi connectivity index (χ0) is 16.3. The standard InChI is InChI=1S/C17H25N3O2/c1-6-20-16(21)15(22-17(20)18-12(2)3)11-13-7-9-14(10-8-13)19(4)5/h7-10,12,15H,6,11H2,1-5H3. The van der Waals surface area contributed by atoms with Gasteiger partial charge in [-0.3, -0.25) is 9.69 Å². The number of hydrogen-bond acceptors (Lipinski definition) is 4. The van der Waals surface area contributed by atoms with E-state index in [1.807, 2.05) is 51.9 Å². The Morgan fingerprint density at radius 3 is 2.41 bits per heavy atom. The van der Waals surface area contributed by atoms with Crippen molar-refractivity contribution < 1.29 is 9.53 Å². The number of amides is 1. The molecule has 0 spiro atoms. The molecule has 5 nitrogen and oxygen atoms in total. The Labute approximate surface area is 132 Å². The maximum atomic E-state index is 12.4. The van der Waals surface area contributed by atoms with Gasteiger partial charge in [0.25, 0.3) is 11.9 Å². The Morgan fingerprint density at radius 2 is 1.91 bits per heavy atom. The predicted molar refractivity (Wildman–Crippen MR) is 89.3 cm³/mol. The fraction of sp³-hybridized carbons (Fsp3) is 0.529. The number of nitrogens with zero attached hydrogens (tertiary/aromatic N) is 3. The van der Waals surface area contributed by atoms with Crippen LogP contribution in [0.15, 0.2) is 29.3 Å². The minimum Gasteiger partial charge on any atom is -0.451 e. The SMILES string of the molecule is CCN1C(=O)C(Cc2ccc(N(C)C)cc2)OC1=NC(C)C. The van der Waals surface area contributed by atoms with Gasteiger partial charge in [0.05, 0.1) is 0 Å². The minimum absolute atomic E-state index is 0.00131. The van der Waals surface area contributed by atoms with Crippen LogP contribution in [0.1, 0.15) is 26.3 Å². The number of carbonyl (C=O) groups excluding carboxylic acids is 1. The minimum atomic E-state index is -0.470. The molecule has 22 heavy (non-hydrogen) atoms. The predicted octanol–water partition coefficient (Wildman–Crippen LogP) is 2.31. The first kappa shape index (κ1) is 16.3. The Morgan fingerprint density at radius 1 is 1.27 bits per heavy atom. The summed E-state index contributed by atoms with van der Waals surface area (Å²) in [5, 5.41) is 0. The molecule has 1 unspecified atom stereocenters. The summed E-state index contributed by atoms with van der Waals surface area (Å²) in [6.45, 7) is 6.47. The largest absolute Gasteiger partial charge is 0.451 e. The molecule has 1 atom stereocenters. The van der Waals surface area contributed by atoms with Gasteiger partial charge in [0, 0.05) is 38.8 Å². The van der Waals surface area contributed by atoms with E-state index in [0.29, 0.717) is 19.0 Å². The van der Waals surface area contributed by atoms with E-state index in [1.165, 1.54) is 0 Å². The Hall–Kier alpha value is -2.04. The van der Waals surface area contributed by atoms with Gasteiger partial charge in [-0.25, -0.2) is 4.99 Å². The van der Waals surface area contributed by atoms with Gasteiger partial charge in [0.2, 0.25) is 0 Å². The third-order valence-corrected chi connectivity index (χ3v) is 3.58. The number of amidine groups is 1. The first-order valence-corrected chi connectivity index (χ1v) is 7.74. The third kappa shape index (κ3) is 3.59. The fourth-order valence-corrected chi connectivity index (χ4v) is 2.39. The number of carbonyl (C=O) groups is 1. The highest BCUT2D eigenvalue weighted by Crippen LogP contribution is 2.20. The summed E-state index contributed by atoms with van der Waals surface area (Å²) in [5.74, 6) is -0.00131. The van der Waals surface area contributed by atoms with Crippen molar-refractivity contribution in [3.8, 4) is 0 Å². The van der Waals surface area contributed by atoms with Gasteiger partial charge in [-0.05, 0) is 38.5 Å². The molecule has 120 valence electrons. The number of likely N-dealkylation sites (N-methyl/N-ethyl adjacent to an activating group) is 1. The van der Waals surface area contributed by atoms with Crippen LogP contribution in [0.2, 0.25) is 0 Å². The van der Waals surface area contributed by atoms with E-state index in [1.54, 1.807) is 4.90 Å². The van der Waals surface area contributed by atoms with Crippen molar-refractivity contribution in [2.75, 3.05) is 25.5 Å². The van der Waals surface area contributed by atoms with Gasteiger partial charge in [0.1, 0.15) is 0 Å². The lowest BCUT2D eigenvalue weighted by molar-refractivity contribution is -0.129. The lowest BCUT2D eigenvalue weighted by atomic mass is 10.1. The van der Waals surface area contributed by atoms with E-state index in [-0.39, 0.29) is 11.9 Å². The lowest BCUT2D eigenvalue weighted by Crippen LogP contribution is -2.32. The number of benzene rings is 1. The van der Waals surface area contributed by atoms with Crippen molar-refractivity contribution in [1.29, 1.82) is 0 Å². The Bertz CT molecular complexity index is 550. The zero-order valence-corrected chi connectivity index (χ0v) is 14.0. The van der Waals surface area contributed by atoms with Gasteiger partial charge in [0.15, 0.2) is 6.10 Å². The molecular weight excluding hydrogens is 278 g/mol. The molecule has 0 N–H and O–H groups in total. The van der Waals surface area contributed by atoms with Gasteiger partial charge in [-0.1, -0.05) is 12.1 Å². The van der Waals surface area contributed by atoms with Crippen LogP contribution >= 0.6 is 0 Å². The molecular formula is C17H25N3O2. The van der Waals surface area contributed by atoms with E-state index >= 15 is 0 Å². The number of ether oxygens (including phenoxy) is 1. The molecule has 1 fully saturated rings. The van der Waals surface area contributed by atoms with Crippen LogP contribution in [0.25, 0.3) is 0 Å². The van der Waals surface area contributed by atoms with Crippen LogP contribution in [-0.2, 0) is 16.0 Å². The molecule has 1 aromatic carbocycles. The van der Waals surface area contributed by atoms with Gasteiger partial charge >= 0.3 is 0 Å². The van der Waals surface area contributed by atoms with Crippen molar-refractivity contribution in [2.45, 2.75) is 39.3 Å². The van der Waals surface area contributed by atoms with Crippen molar-refractivity contribution in [3.63, 3.8) is 0 Å². The molecule has 0 radical (unpaired) electrons. The zero-order valence-electron chi connectivity index (χ0n) is 14.0. The highest BCUT2D eigenvalue weighted by atomic mass is 16.5. The van der Waals surface area contributed by atoms with Crippen LogP contribution in [0.4, 0.5) is 5.69 Å². The molecule has 1 aliphatic rings. The Kier molecular flexibility index (Phi) is 5.06. The maximum Gasteiger partial charge on any atom is 0.295 e. The van der Waals surface area contributed by atoms with Crippen molar-refractivity contribution in [1.82, 2.24) is 4.90 Å². The van der Waals surface area contributed by atoms with Crippen molar-refractivity contribution in [3.05, 3.63) is 29.8 Å². The molecule has 5 heteroatoms. The van der Waals surface area contributed by atoms with Crippen LogP contribution < -0.4 is 4.90 Å². The fourth-order valence-electron chi connectivity index (χ4n) is 2.39. The molecule has 1 saturated heterocycles. The number of rotatable bonds is 5.